The molecule has 0 fully saturated rings. The van der Waals surface area contributed by atoms with Gasteiger partial charge in [-0.15, -0.1) is 0 Å². The number of fused-ring (bicyclic) bond motifs is 3. The zero-order chi connectivity index (χ0) is 32.2. The molecule has 0 bridgehead atoms. The zero-order valence-corrected chi connectivity index (χ0v) is 28.7. The quantitative estimate of drug-likeness (QED) is 0.166. The number of hydrogen-bond acceptors (Lipinski definition) is 7. The highest BCUT2D eigenvalue weighted by atomic mass is 79.9. The van der Waals surface area contributed by atoms with Crippen molar-refractivity contribution in [3.8, 4) is 0 Å². The van der Waals surface area contributed by atoms with Gasteiger partial charge in [-0.3, -0.25) is 19.5 Å². The average Bonchev–Trinajstić information content (AvgIpc) is 3.61. The maximum Gasteiger partial charge on any atom is 0.419 e. The molecule has 0 aliphatic carbocycles. The highest BCUT2D eigenvalue weighted by Gasteiger charge is 2.21. The van der Waals surface area contributed by atoms with E-state index in [1.165, 1.54) is 14.5 Å². The van der Waals surface area contributed by atoms with E-state index in [-0.39, 0.29) is 6.09 Å². The summed E-state index contributed by atoms with van der Waals surface area (Å²) in [4.78, 5) is 39.1. The number of carbonyl (C=O) groups is 2. The molecule has 10 nitrogen and oxygen atoms in total. The lowest BCUT2D eigenvalue weighted by Crippen LogP contribution is -2.26. The number of ether oxygens (including phenoxy) is 2. The maximum atomic E-state index is 12.0. The van der Waals surface area contributed by atoms with Crippen molar-refractivity contribution in [1.82, 2.24) is 29.1 Å². The average molecular weight is 726 g/mol. The summed E-state index contributed by atoms with van der Waals surface area (Å²) in [6, 6.07) is 5.71. The van der Waals surface area contributed by atoms with Crippen LogP contribution >= 0.6 is 31.9 Å². The van der Waals surface area contributed by atoms with E-state index in [0.29, 0.717) is 0 Å². The molecule has 0 radical (unpaired) electrons. The van der Waals surface area contributed by atoms with Gasteiger partial charge in [-0.2, -0.15) is 0 Å². The van der Waals surface area contributed by atoms with Crippen LogP contribution in [0.25, 0.3) is 32.7 Å². The van der Waals surface area contributed by atoms with Crippen LogP contribution < -0.4 is 0 Å². The first-order valence-electron chi connectivity index (χ1n) is 13.7. The Kier molecular flexibility index (Phi) is 9.94. The smallest absolute Gasteiger partial charge is 0.419 e. The molecule has 0 aromatic carbocycles. The highest BCUT2D eigenvalue weighted by molar-refractivity contribution is 9.11. The molecule has 0 amide bonds. The second-order valence-corrected chi connectivity index (χ2v) is 13.5. The predicted octanol–water partition coefficient (Wildman–Crippen LogP) is 9.04. The first-order valence-corrected chi connectivity index (χ1v) is 15.3. The van der Waals surface area contributed by atoms with Gasteiger partial charge in [0.2, 0.25) is 0 Å². The monoisotopic (exact) mass is 724 g/mol. The Balaban J connectivity index is 0.000000156. The minimum absolute atomic E-state index is 0.372. The number of rotatable bonds is 0. The van der Waals surface area contributed by atoms with E-state index in [1.807, 2.05) is 72.9 Å². The number of pyridine rings is 3. The summed E-state index contributed by atoms with van der Waals surface area (Å²) in [5.41, 5.74) is 2.60. The van der Waals surface area contributed by atoms with E-state index in [9.17, 15) is 9.59 Å². The van der Waals surface area contributed by atoms with Crippen molar-refractivity contribution in [2.24, 2.45) is 0 Å². The van der Waals surface area contributed by atoms with Crippen LogP contribution in [-0.2, 0) is 9.47 Å². The Bertz CT molecular complexity index is 1820. The van der Waals surface area contributed by atoms with Gasteiger partial charge in [0.05, 0.1) is 35.1 Å². The lowest BCUT2D eigenvalue weighted by Gasteiger charge is -2.19. The standard InChI is InChI=1S/C13H16N2O2.C12H13BrN2O2.C7H5BrN2/c1-9-8-15(12(16)17-13(2,3)4)11-7-14-6-5-10(9)11;1-12(2,3)17-11(16)15-7-9(13)8-4-5-14-6-10(8)15;8-6-3-10-7-4-9-2-1-5(6)7/h5-8H,1-4H3;4-7H,1-3H3;1-4,10H. The second kappa shape index (κ2) is 13.3. The van der Waals surface area contributed by atoms with Crippen molar-refractivity contribution < 1.29 is 19.1 Å². The van der Waals surface area contributed by atoms with Crippen LogP contribution in [0.4, 0.5) is 9.59 Å². The van der Waals surface area contributed by atoms with Crippen molar-refractivity contribution in [2.45, 2.75) is 59.7 Å². The molecule has 6 aromatic rings. The molecular formula is C32H34Br2N6O4. The summed E-state index contributed by atoms with van der Waals surface area (Å²) in [6.45, 7) is 13.0. The molecule has 6 aromatic heterocycles. The fraction of sp³-hybridized carbons (Fsp3) is 0.281. The summed E-state index contributed by atoms with van der Waals surface area (Å²) in [6.07, 6.45) is 14.9. The molecule has 0 saturated carbocycles. The summed E-state index contributed by atoms with van der Waals surface area (Å²) < 4.78 is 15.6. The third kappa shape index (κ3) is 8.11. The van der Waals surface area contributed by atoms with Crippen molar-refractivity contribution in [3.63, 3.8) is 0 Å². The van der Waals surface area contributed by atoms with E-state index >= 15 is 0 Å². The van der Waals surface area contributed by atoms with Crippen LogP contribution in [0.1, 0.15) is 47.1 Å². The van der Waals surface area contributed by atoms with Gasteiger partial charge in [0.25, 0.3) is 0 Å². The number of nitrogens with zero attached hydrogens (tertiary/aromatic N) is 5. The third-order valence-corrected chi connectivity index (χ3v) is 7.27. The van der Waals surface area contributed by atoms with Crippen LogP contribution in [0.15, 0.2) is 82.9 Å². The van der Waals surface area contributed by atoms with Gasteiger partial charge in [-0.1, -0.05) is 0 Å². The molecule has 0 spiro atoms. The largest absolute Gasteiger partial charge is 0.443 e. The van der Waals surface area contributed by atoms with E-state index in [4.69, 9.17) is 9.47 Å². The topological polar surface area (TPSA) is 117 Å². The maximum absolute atomic E-state index is 12.0. The molecule has 0 atom stereocenters. The lowest BCUT2D eigenvalue weighted by atomic mass is 10.2. The Morgan fingerprint density at radius 2 is 1.18 bits per heavy atom. The van der Waals surface area contributed by atoms with Gasteiger partial charge < -0.3 is 14.5 Å². The summed E-state index contributed by atoms with van der Waals surface area (Å²) >= 11 is 6.82. The Morgan fingerprint density at radius 3 is 1.73 bits per heavy atom. The number of nitrogens with one attached hydrogen (secondary N) is 1. The summed E-state index contributed by atoms with van der Waals surface area (Å²) in [5, 5.41) is 3.13. The van der Waals surface area contributed by atoms with Crippen molar-refractivity contribution in [1.29, 1.82) is 0 Å². The van der Waals surface area contributed by atoms with Gasteiger partial charge in [-0.05, 0) is 104 Å². The van der Waals surface area contributed by atoms with Gasteiger partial charge in [0, 0.05) is 62.3 Å². The fourth-order valence-corrected chi connectivity index (χ4v) is 5.14. The number of H-pyrrole nitrogens is 1. The molecule has 44 heavy (non-hydrogen) atoms. The molecule has 6 rings (SSSR count). The highest BCUT2D eigenvalue weighted by Crippen LogP contribution is 2.26. The number of carbonyl (C=O) groups excluding carboxylic acids is 2. The van der Waals surface area contributed by atoms with Gasteiger partial charge in [-0.25, -0.2) is 14.2 Å². The van der Waals surface area contributed by atoms with Gasteiger partial charge in [0.1, 0.15) is 11.2 Å². The lowest BCUT2D eigenvalue weighted by molar-refractivity contribution is 0.0533. The number of halogens is 2. The van der Waals surface area contributed by atoms with Crippen molar-refractivity contribution >= 4 is 76.8 Å². The van der Waals surface area contributed by atoms with E-state index in [1.54, 1.807) is 49.6 Å². The molecule has 0 unspecified atom stereocenters. The van der Waals surface area contributed by atoms with Crippen molar-refractivity contribution in [2.75, 3.05) is 0 Å². The molecule has 12 heteroatoms. The van der Waals surface area contributed by atoms with E-state index < -0.39 is 17.3 Å². The normalized spacial score (nSPS) is 11.5. The number of aryl methyl sites for hydroxylation is 1. The SMILES string of the molecule is Brc1c[nH]c2cnccc12.CC(C)(C)OC(=O)n1cc(Br)c2ccncc21.Cc1cn(C(=O)OC(C)(C)C)c2cnccc12. The minimum Gasteiger partial charge on any atom is -0.443 e. The first kappa shape index (κ1) is 32.9. The second-order valence-electron chi connectivity index (χ2n) is 11.8. The van der Waals surface area contributed by atoms with Gasteiger partial charge in [0.15, 0.2) is 0 Å². The number of hydrogen-bond donors (Lipinski definition) is 1. The predicted molar refractivity (Wildman–Crippen MR) is 179 cm³/mol. The van der Waals surface area contributed by atoms with Crippen LogP contribution in [0.3, 0.4) is 0 Å². The first-order chi connectivity index (χ1) is 20.6. The molecule has 0 aliphatic heterocycles. The Morgan fingerprint density at radius 1 is 0.705 bits per heavy atom. The van der Waals surface area contributed by atoms with Crippen LogP contribution in [-0.4, -0.2) is 52.5 Å². The number of aromatic amines is 1. The van der Waals surface area contributed by atoms with Crippen molar-refractivity contribution in [3.05, 3.63) is 88.5 Å². The minimum atomic E-state index is -0.512. The molecular weight excluding hydrogens is 692 g/mol. The molecule has 6 heterocycles. The van der Waals surface area contributed by atoms with E-state index in [0.717, 1.165) is 41.8 Å². The molecule has 0 aliphatic rings. The fourth-order valence-electron chi connectivity index (χ4n) is 4.14. The summed E-state index contributed by atoms with van der Waals surface area (Å²) in [5.74, 6) is 0. The molecule has 0 saturated heterocycles. The van der Waals surface area contributed by atoms with Gasteiger partial charge >= 0.3 is 12.2 Å². The summed E-state index contributed by atoms with van der Waals surface area (Å²) in [7, 11) is 0. The van der Waals surface area contributed by atoms with Crippen LogP contribution in [0.2, 0.25) is 0 Å². The molecule has 230 valence electrons. The number of aromatic nitrogens is 6. The van der Waals surface area contributed by atoms with Crippen LogP contribution in [0.5, 0.6) is 0 Å². The Hall–Kier alpha value is -4.03. The Labute approximate surface area is 272 Å². The van der Waals surface area contributed by atoms with E-state index in [2.05, 4.69) is 51.8 Å². The molecule has 1 N–H and O–H groups in total. The van der Waals surface area contributed by atoms with Crippen LogP contribution in [0, 0.1) is 6.92 Å². The third-order valence-electron chi connectivity index (χ3n) is 5.98. The zero-order valence-electron chi connectivity index (χ0n) is 25.6.